The highest BCUT2D eigenvalue weighted by Crippen LogP contribution is 2.27. The van der Waals surface area contributed by atoms with E-state index in [-0.39, 0.29) is 0 Å². The van der Waals surface area contributed by atoms with Crippen LogP contribution in [0.1, 0.15) is 5.56 Å². The summed E-state index contributed by atoms with van der Waals surface area (Å²) in [5, 5.41) is 1.19. The average molecular weight is 381 g/mol. The van der Waals surface area contributed by atoms with Crippen molar-refractivity contribution >= 4 is 16.9 Å². The van der Waals surface area contributed by atoms with Crippen molar-refractivity contribution in [3.8, 4) is 11.3 Å². The van der Waals surface area contributed by atoms with Crippen LogP contribution >= 0.6 is 0 Å². The summed E-state index contributed by atoms with van der Waals surface area (Å²) in [5.74, 6) is 0.824. The number of para-hydroxylation sites is 1. The minimum absolute atomic E-state index is 0.824. The fourth-order valence-electron chi connectivity index (χ4n) is 3.93. The van der Waals surface area contributed by atoms with E-state index in [4.69, 9.17) is 4.98 Å². The molecular weight excluding hydrogens is 358 g/mol. The van der Waals surface area contributed by atoms with Crippen molar-refractivity contribution in [2.24, 2.45) is 0 Å². The van der Waals surface area contributed by atoms with Crippen LogP contribution in [0.2, 0.25) is 0 Å². The first kappa shape index (κ1) is 17.8. The predicted molar refractivity (Wildman–Crippen MR) is 117 cm³/mol. The first-order valence-corrected chi connectivity index (χ1v) is 10.1. The number of rotatable bonds is 4. The smallest absolute Gasteiger partial charge is 0.225 e. The second kappa shape index (κ2) is 7.97. The molecule has 29 heavy (non-hydrogen) atoms. The number of piperazine rings is 1. The number of benzene rings is 2. The molecule has 0 saturated carbocycles. The molecule has 0 N–H and O–H groups in total. The number of anilines is 1. The van der Waals surface area contributed by atoms with Gasteiger partial charge in [0.2, 0.25) is 5.95 Å². The zero-order chi connectivity index (χ0) is 19.5. The van der Waals surface area contributed by atoms with Crippen LogP contribution in [0.5, 0.6) is 0 Å². The minimum Gasteiger partial charge on any atom is -0.338 e. The SMILES string of the molecule is c1ccc(-c2nc3ccccc3cc2CN2CCN(c3ncccn3)CC2)cc1. The van der Waals surface area contributed by atoms with Gasteiger partial charge in [0.05, 0.1) is 11.2 Å². The van der Waals surface area contributed by atoms with Crippen LogP contribution < -0.4 is 4.90 Å². The highest BCUT2D eigenvalue weighted by Gasteiger charge is 2.20. The molecule has 0 unspecified atom stereocenters. The summed E-state index contributed by atoms with van der Waals surface area (Å²) in [5.41, 5.74) is 4.57. The molecule has 0 radical (unpaired) electrons. The monoisotopic (exact) mass is 381 g/mol. The van der Waals surface area contributed by atoms with Crippen molar-refractivity contribution in [1.29, 1.82) is 0 Å². The second-order valence-electron chi connectivity index (χ2n) is 7.37. The van der Waals surface area contributed by atoms with Crippen molar-refractivity contribution in [2.45, 2.75) is 6.54 Å². The Balaban J connectivity index is 1.40. The maximum absolute atomic E-state index is 5.02. The molecule has 5 rings (SSSR count). The molecule has 144 valence electrons. The molecular formula is C24H23N5. The lowest BCUT2D eigenvalue weighted by Gasteiger charge is -2.35. The van der Waals surface area contributed by atoms with E-state index in [1.807, 2.05) is 18.5 Å². The van der Waals surface area contributed by atoms with E-state index in [1.54, 1.807) is 0 Å². The first-order chi connectivity index (χ1) is 14.4. The minimum atomic E-state index is 0.824. The third-order valence-electron chi connectivity index (χ3n) is 5.45. The van der Waals surface area contributed by atoms with E-state index in [9.17, 15) is 0 Å². The Morgan fingerprint density at radius 1 is 0.759 bits per heavy atom. The standard InChI is InChI=1S/C24H23N5/c1-2-7-19(8-3-1)23-21(17-20-9-4-5-10-22(20)27-23)18-28-13-15-29(16-14-28)24-25-11-6-12-26-24/h1-12,17H,13-16,18H2. The summed E-state index contributed by atoms with van der Waals surface area (Å²) in [6.07, 6.45) is 3.61. The summed E-state index contributed by atoms with van der Waals surface area (Å²) in [4.78, 5) is 18.5. The summed E-state index contributed by atoms with van der Waals surface area (Å²) < 4.78 is 0. The van der Waals surface area contributed by atoms with Crippen LogP contribution in [0.3, 0.4) is 0 Å². The van der Waals surface area contributed by atoms with E-state index in [0.717, 1.165) is 49.9 Å². The summed E-state index contributed by atoms with van der Waals surface area (Å²) >= 11 is 0. The highest BCUT2D eigenvalue weighted by molar-refractivity contribution is 5.83. The van der Waals surface area contributed by atoms with Crippen molar-refractivity contribution in [3.63, 3.8) is 0 Å². The van der Waals surface area contributed by atoms with Gasteiger partial charge in [-0.1, -0.05) is 48.5 Å². The molecule has 3 heterocycles. The third-order valence-corrected chi connectivity index (χ3v) is 5.45. The maximum Gasteiger partial charge on any atom is 0.225 e. The van der Waals surface area contributed by atoms with Crippen LogP contribution in [-0.4, -0.2) is 46.0 Å². The zero-order valence-corrected chi connectivity index (χ0v) is 16.3. The maximum atomic E-state index is 5.02. The Morgan fingerprint density at radius 3 is 2.28 bits per heavy atom. The Kier molecular flexibility index (Phi) is 4.88. The number of aromatic nitrogens is 3. The van der Waals surface area contributed by atoms with E-state index >= 15 is 0 Å². The number of pyridine rings is 1. The van der Waals surface area contributed by atoms with Crippen molar-refractivity contribution < 1.29 is 0 Å². The van der Waals surface area contributed by atoms with Gasteiger partial charge in [0.25, 0.3) is 0 Å². The Labute approximate surface area is 170 Å². The first-order valence-electron chi connectivity index (χ1n) is 10.1. The molecule has 1 aliphatic heterocycles. The van der Waals surface area contributed by atoms with Crippen LogP contribution in [-0.2, 0) is 6.54 Å². The van der Waals surface area contributed by atoms with Gasteiger partial charge in [-0.25, -0.2) is 15.0 Å². The second-order valence-corrected chi connectivity index (χ2v) is 7.37. The Hall–Kier alpha value is -3.31. The predicted octanol–water partition coefficient (Wildman–Crippen LogP) is 4.01. The molecule has 0 amide bonds. The lowest BCUT2D eigenvalue weighted by Crippen LogP contribution is -2.46. The van der Waals surface area contributed by atoms with Crippen LogP contribution in [0, 0.1) is 0 Å². The van der Waals surface area contributed by atoms with E-state index in [0.29, 0.717) is 0 Å². The summed E-state index contributed by atoms with van der Waals surface area (Å²) in [7, 11) is 0. The largest absolute Gasteiger partial charge is 0.338 e. The Morgan fingerprint density at radius 2 is 1.48 bits per heavy atom. The van der Waals surface area contributed by atoms with E-state index in [1.165, 1.54) is 16.5 Å². The molecule has 0 spiro atoms. The number of hydrogen-bond acceptors (Lipinski definition) is 5. The average Bonchev–Trinajstić information content (AvgIpc) is 2.80. The summed E-state index contributed by atoms with van der Waals surface area (Å²) in [6, 6.07) is 23.0. The van der Waals surface area contributed by atoms with Gasteiger partial charge in [-0.15, -0.1) is 0 Å². The molecule has 0 bridgehead atoms. The van der Waals surface area contributed by atoms with Crippen molar-refractivity contribution in [1.82, 2.24) is 19.9 Å². The van der Waals surface area contributed by atoms with Crippen molar-refractivity contribution in [3.05, 3.63) is 84.7 Å². The lowest BCUT2D eigenvalue weighted by atomic mass is 10.0. The van der Waals surface area contributed by atoms with Gasteiger partial charge in [0.1, 0.15) is 0 Å². The highest BCUT2D eigenvalue weighted by atomic mass is 15.3. The van der Waals surface area contributed by atoms with Gasteiger partial charge in [-0.2, -0.15) is 0 Å². The van der Waals surface area contributed by atoms with Gasteiger partial charge in [-0.05, 0) is 23.8 Å². The molecule has 4 aromatic rings. The fourth-order valence-corrected chi connectivity index (χ4v) is 3.93. The molecule has 0 aliphatic carbocycles. The molecule has 1 aliphatic rings. The van der Waals surface area contributed by atoms with Crippen LogP contribution in [0.15, 0.2) is 79.1 Å². The normalized spacial score (nSPS) is 15.0. The van der Waals surface area contributed by atoms with Crippen LogP contribution in [0.25, 0.3) is 22.2 Å². The van der Waals surface area contributed by atoms with Crippen LogP contribution in [0.4, 0.5) is 5.95 Å². The van der Waals surface area contributed by atoms with Gasteiger partial charge in [0.15, 0.2) is 0 Å². The Bertz CT molecular complexity index is 1090. The summed E-state index contributed by atoms with van der Waals surface area (Å²) in [6.45, 7) is 4.74. The topological polar surface area (TPSA) is 45.2 Å². The number of nitrogens with zero attached hydrogens (tertiary/aromatic N) is 5. The molecule has 1 saturated heterocycles. The molecule has 5 heteroatoms. The molecule has 1 fully saturated rings. The quantitative estimate of drug-likeness (QED) is 0.534. The third kappa shape index (κ3) is 3.82. The van der Waals surface area contributed by atoms with Gasteiger partial charge in [0, 0.05) is 56.1 Å². The molecule has 2 aromatic carbocycles. The van der Waals surface area contributed by atoms with Gasteiger partial charge < -0.3 is 4.90 Å². The van der Waals surface area contributed by atoms with E-state index < -0.39 is 0 Å². The number of hydrogen-bond donors (Lipinski definition) is 0. The fraction of sp³-hybridized carbons (Fsp3) is 0.208. The van der Waals surface area contributed by atoms with Gasteiger partial charge >= 0.3 is 0 Å². The van der Waals surface area contributed by atoms with E-state index in [2.05, 4.69) is 80.4 Å². The van der Waals surface area contributed by atoms with Crippen molar-refractivity contribution in [2.75, 3.05) is 31.1 Å². The lowest BCUT2D eigenvalue weighted by molar-refractivity contribution is 0.249. The number of fused-ring (bicyclic) bond motifs is 1. The molecule has 0 atom stereocenters. The zero-order valence-electron chi connectivity index (χ0n) is 16.3. The molecule has 5 nitrogen and oxygen atoms in total. The van der Waals surface area contributed by atoms with Gasteiger partial charge in [-0.3, -0.25) is 4.90 Å². The molecule has 2 aromatic heterocycles.